The first-order valence-electron chi connectivity index (χ1n) is 6.56. The summed E-state index contributed by atoms with van der Waals surface area (Å²) < 4.78 is 0. The zero-order valence-corrected chi connectivity index (χ0v) is 12.1. The van der Waals surface area contributed by atoms with Crippen molar-refractivity contribution in [3.05, 3.63) is 48.1 Å². The molecule has 0 saturated heterocycles. The van der Waals surface area contributed by atoms with Gasteiger partial charge in [0.1, 0.15) is 0 Å². The van der Waals surface area contributed by atoms with Gasteiger partial charge in [-0.1, -0.05) is 48.5 Å². The smallest absolute Gasteiger partial charge is 0.00569 e. The highest BCUT2D eigenvalue weighted by Crippen LogP contribution is 2.16. The second-order valence-corrected chi connectivity index (χ2v) is 5.09. The van der Waals surface area contributed by atoms with E-state index in [1.807, 2.05) is 6.08 Å². The Balaban J connectivity index is 3.88. The number of hydrogen-bond donors (Lipinski definition) is 0. The summed E-state index contributed by atoms with van der Waals surface area (Å²) in [4.78, 5) is 0. The Hall–Kier alpha value is -1.04. The van der Waals surface area contributed by atoms with Gasteiger partial charge in [-0.15, -0.1) is 6.58 Å². The second-order valence-electron chi connectivity index (χ2n) is 5.09. The van der Waals surface area contributed by atoms with Gasteiger partial charge >= 0.3 is 0 Å². The molecule has 0 fully saturated rings. The fraction of sp³-hybridized carbons (Fsp3) is 0.529. The second kappa shape index (κ2) is 9.04. The summed E-state index contributed by atoms with van der Waals surface area (Å²) in [5.74, 6) is 0.439. The van der Waals surface area contributed by atoms with Crippen LogP contribution in [0.1, 0.15) is 53.4 Å². The van der Waals surface area contributed by atoms with Crippen molar-refractivity contribution in [3.63, 3.8) is 0 Å². The van der Waals surface area contributed by atoms with Crippen LogP contribution in [-0.4, -0.2) is 0 Å². The molecular weight excluding hydrogens is 204 g/mol. The Labute approximate surface area is 108 Å². The quantitative estimate of drug-likeness (QED) is 0.461. The molecule has 0 heterocycles. The van der Waals surface area contributed by atoms with Gasteiger partial charge < -0.3 is 0 Å². The van der Waals surface area contributed by atoms with E-state index in [2.05, 4.69) is 53.0 Å². The molecule has 0 N–H and O–H groups in total. The highest BCUT2D eigenvalue weighted by atomic mass is 14.1. The highest BCUT2D eigenvalue weighted by molar-refractivity contribution is 5.09. The summed E-state index contributed by atoms with van der Waals surface area (Å²) in [5, 5.41) is 0. The maximum atomic E-state index is 4.10. The Morgan fingerprint density at radius 1 is 1.06 bits per heavy atom. The predicted molar refractivity (Wildman–Crippen MR) is 80.2 cm³/mol. The van der Waals surface area contributed by atoms with Crippen molar-refractivity contribution >= 4 is 0 Å². The van der Waals surface area contributed by atoms with Gasteiger partial charge in [-0.05, 0) is 52.4 Å². The van der Waals surface area contributed by atoms with Crippen LogP contribution in [0.3, 0.4) is 0 Å². The van der Waals surface area contributed by atoms with Gasteiger partial charge in [0, 0.05) is 0 Å². The van der Waals surface area contributed by atoms with Crippen molar-refractivity contribution in [2.24, 2.45) is 5.92 Å². The Morgan fingerprint density at radius 3 is 2.18 bits per heavy atom. The van der Waals surface area contributed by atoms with Crippen LogP contribution in [0, 0.1) is 5.92 Å². The molecule has 1 unspecified atom stereocenters. The van der Waals surface area contributed by atoms with E-state index < -0.39 is 0 Å². The van der Waals surface area contributed by atoms with Crippen LogP contribution in [0.2, 0.25) is 0 Å². The third-order valence-corrected chi connectivity index (χ3v) is 3.05. The van der Waals surface area contributed by atoms with Gasteiger partial charge in [-0.25, -0.2) is 0 Å². The van der Waals surface area contributed by atoms with Gasteiger partial charge in [0.25, 0.3) is 0 Å². The van der Waals surface area contributed by atoms with Gasteiger partial charge in [0.15, 0.2) is 0 Å². The molecule has 0 aliphatic rings. The molecule has 0 aliphatic carbocycles. The summed E-state index contributed by atoms with van der Waals surface area (Å²) in [6.45, 7) is 16.6. The van der Waals surface area contributed by atoms with E-state index >= 15 is 0 Å². The molecule has 0 aliphatic heterocycles. The SMILES string of the molecule is C=CC(C)C(=C)CC/C=C(\C)CCC=C(C)C. The maximum Gasteiger partial charge on any atom is -0.00569 e. The summed E-state index contributed by atoms with van der Waals surface area (Å²) >= 11 is 0. The summed E-state index contributed by atoms with van der Waals surface area (Å²) in [7, 11) is 0. The van der Waals surface area contributed by atoms with Crippen molar-refractivity contribution in [1.82, 2.24) is 0 Å². The molecule has 17 heavy (non-hydrogen) atoms. The lowest BCUT2D eigenvalue weighted by atomic mass is 9.97. The average Bonchev–Trinajstić information content (AvgIpc) is 2.27. The average molecular weight is 232 g/mol. The van der Waals surface area contributed by atoms with Crippen molar-refractivity contribution < 1.29 is 0 Å². The molecule has 0 amide bonds. The van der Waals surface area contributed by atoms with E-state index in [9.17, 15) is 0 Å². The van der Waals surface area contributed by atoms with E-state index in [1.54, 1.807) is 0 Å². The van der Waals surface area contributed by atoms with Crippen molar-refractivity contribution in [2.75, 3.05) is 0 Å². The van der Waals surface area contributed by atoms with Crippen LogP contribution in [0.5, 0.6) is 0 Å². The molecule has 0 saturated carbocycles. The number of allylic oxidation sites excluding steroid dienone is 6. The molecule has 0 aromatic carbocycles. The lowest BCUT2D eigenvalue weighted by Gasteiger charge is -2.08. The third kappa shape index (κ3) is 8.74. The van der Waals surface area contributed by atoms with E-state index in [1.165, 1.54) is 23.1 Å². The minimum atomic E-state index is 0.439. The molecule has 0 bridgehead atoms. The Kier molecular flexibility index (Phi) is 8.49. The lowest BCUT2D eigenvalue weighted by Crippen LogP contribution is -1.93. The van der Waals surface area contributed by atoms with Gasteiger partial charge in [0.2, 0.25) is 0 Å². The fourth-order valence-electron chi connectivity index (χ4n) is 1.59. The van der Waals surface area contributed by atoms with Crippen LogP contribution in [0.15, 0.2) is 48.1 Å². The first-order valence-corrected chi connectivity index (χ1v) is 6.56. The van der Waals surface area contributed by atoms with E-state index in [4.69, 9.17) is 0 Å². The number of rotatable bonds is 8. The molecule has 0 spiro atoms. The Bertz CT molecular complexity index is 298. The van der Waals surface area contributed by atoms with Gasteiger partial charge in [-0.3, -0.25) is 0 Å². The van der Waals surface area contributed by atoms with Crippen LogP contribution in [0.25, 0.3) is 0 Å². The van der Waals surface area contributed by atoms with Gasteiger partial charge in [-0.2, -0.15) is 0 Å². The van der Waals surface area contributed by atoms with Crippen LogP contribution < -0.4 is 0 Å². The minimum Gasteiger partial charge on any atom is -0.102 e. The molecule has 0 rings (SSSR count). The van der Waals surface area contributed by atoms with Crippen molar-refractivity contribution in [2.45, 2.75) is 53.4 Å². The van der Waals surface area contributed by atoms with Crippen LogP contribution >= 0.6 is 0 Å². The summed E-state index contributed by atoms with van der Waals surface area (Å²) in [6.07, 6.45) is 11.1. The molecule has 96 valence electrons. The van der Waals surface area contributed by atoms with Crippen LogP contribution in [0.4, 0.5) is 0 Å². The maximum absolute atomic E-state index is 4.10. The van der Waals surface area contributed by atoms with Crippen molar-refractivity contribution in [3.8, 4) is 0 Å². The van der Waals surface area contributed by atoms with E-state index in [0.717, 1.165) is 19.3 Å². The third-order valence-electron chi connectivity index (χ3n) is 3.05. The first-order chi connectivity index (χ1) is 7.97. The molecule has 0 aromatic heterocycles. The summed E-state index contributed by atoms with van der Waals surface area (Å²) in [6, 6.07) is 0. The van der Waals surface area contributed by atoms with E-state index in [0.29, 0.717) is 5.92 Å². The molecule has 0 aromatic rings. The zero-order valence-electron chi connectivity index (χ0n) is 12.1. The lowest BCUT2D eigenvalue weighted by molar-refractivity contribution is 0.784. The molecule has 0 radical (unpaired) electrons. The minimum absolute atomic E-state index is 0.439. The normalized spacial score (nSPS) is 13.1. The summed E-state index contributed by atoms with van der Waals surface area (Å²) in [5.41, 5.74) is 4.18. The largest absolute Gasteiger partial charge is 0.102 e. The number of hydrogen-bond acceptors (Lipinski definition) is 0. The molecule has 1 atom stereocenters. The highest BCUT2D eigenvalue weighted by Gasteiger charge is 2.00. The Morgan fingerprint density at radius 2 is 1.65 bits per heavy atom. The monoisotopic (exact) mass is 232 g/mol. The molecule has 0 heteroatoms. The zero-order chi connectivity index (χ0) is 13.3. The standard InChI is InChI=1S/C17H28/c1-7-16(5)17(6)13-9-12-15(4)11-8-10-14(2)3/h7,10,12,16H,1,6,8-9,11,13H2,2-5H3/b15-12+. The van der Waals surface area contributed by atoms with E-state index in [-0.39, 0.29) is 0 Å². The predicted octanol–water partition coefficient (Wildman–Crippen LogP) is 5.84. The van der Waals surface area contributed by atoms with Crippen LogP contribution in [-0.2, 0) is 0 Å². The molecule has 0 nitrogen and oxygen atoms in total. The topological polar surface area (TPSA) is 0 Å². The van der Waals surface area contributed by atoms with Gasteiger partial charge in [0.05, 0.1) is 0 Å². The fourth-order valence-corrected chi connectivity index (χ4v) is 1.59. The van der Waals surface area contributed by atoms with Crippen molar-refractivity contribution in [1.29, 1.82) is 0 Å². The molecular formula is C17H28. The first kappa shape index (κ1) is 16.0.